The fourth-order valence-electron chi connectivity index (χ4n) is 1.77. The number of hydrogen-bond donors (Lipinski definition) is 1. The first kappa shape index (κ1) is 15.7. The normalized spacial score (nSPS) is 10.5. The highest BCUT2D eigenvalue weighted by molar-refractivity contribution is 7.10. The first-order valence-electron chi connectivity index (χ1n) is 6.34. The monoisotopic (exact) mass is 328 g/mol. The number of nitrogens with one attached hydrogen (secondary N) is 1. The number of aromatic nitrogens is 1. The number of esters is 1. The van der Waals surface area contributed by atoms with Gasteiger partial charge < -0.3 is 10.1 Å². The van der Waals surface area contributed by atoms with Crippen molar-refractivity contribution >= 4 is 34.1 Å². The summed E-state index contributed by atoms with van der Waals surface area (Å²) in [6, 6.07) is 4.48. The highest BCUT2D eigenvalue weighted by Gasteiger charge is 2.19. The van der Waals surface area contributed by atoms with Crippen molar-refractivity contribution in [1.29, 1.82) is 0 Å². The van der Waals surface area contributed by atoms with Gasteiger partial charge in [-0.05, 0) is 43.1 Å². The molecule has 0 aliphatic rings. The Morgan fingerprint density at radius 1 is 1.52 bits per heavy atom. The van der Waals surface area contributed by atoms with Crippen LogP contribution in [0, 0.1) is 12.7 Å². The number of carbonyl (C=O) groups excluding carboxylic acids is 1. The van der Waals surface area contributed by atoms with Crippen LogP contribution in [-0.2, 0) is 11.3 Å². The number of hydrogen-bond acceptors (Lipinski definition) is 5. The Bertz CT molecular complexity index is 660. The minimum Gasteiger partial charge on any atom is -0.462 e. The summed E-state index contributed by atoms with van der Waals surface area (Å²) in [5.74, 6) is -0.857. The smallest absolute Gasteiger partial charge is 0.343 e. The van der Waals surface area contributed by atoms with E-state index in [9.17, 15) is 9.18 Å². The van der Waals surface area contributed by atoms with E-state index in [1.54, 1.807) is 26.0 Å². The van der Waals surface area contributed by atoms with E-state index in [2.05, 4.69) is 9.69 Å². The van der Waals surface area contributed by atoms with Crippen LogP contribution in [0.5, 0.6) is 0 Å². The van der Waals surface area contributed by atoms with E-state index in [-0.39, 0.29) is 5.02 Å². The van der Waals surface area contributed by atoms with Gasteiger partial charge in [-0.15, -0.1) is 0 Å². The van der Waals surface area contributed by atoms with Crippen LogP contribution in [-0.4, -0.2) is 16.9 Å². The first-order valence-corrected chi connectivity index (χ1v) is 7.49. The maximum Gasteiger partial charge on any atom is 0.343 e. The van der Waals surface area contributed by atoms with Crippen LogP contribution in [0.2, 0.25) is 5.02 Å². The molecule has 0 unspecified atom stereocenters. The van der Waals surface area contributed by atoms with E-state index in [0.29, 0.717) is 29.4 Å². The molecule has 0 radical (unpaired) electrons. The molecule has 0 aliphatic heterocycles. The van der Waals surface area contributed by atoms with Gasteiger partial charge in [-0.2, -0.15) is 4.37 Å². The molecular formula is C14H14ClFN2O2S. The van der Waals surface area contributed by atoms with E-state index < -0.39 is 11.8 Å². The lowest BCUT2D eigenvalue weighted by molar-refractivity contribution is 0.0527. The van der Waals surface area contributed by atoms with Crippen LogP contribution >= 0.6 is 23.1 Å². The van der Waals surface area contributed by atoms with Gasteiger partial charge in [0.05, 0.1) is 17.3 Å². The molecule has 0 spiro atoms. The van der Waals surface area contributed by atoms with E-state index >= 15 is 0 Å². The van der Waals surface area contributed by atoms with Gasteiger partial charge in [-0.3, -0.25) is 0 Å². The Hall–Kier alpha value is -1.66. The molecule has 0 amide bonds. The topological polar surface area (TPSA) is 51.2 Å². The molecule has 1 N–H and O–H groups in total. The van der Waals surface area contributed by atoms with Crippen LogP contribution in [0.25, 0.3) is 0 Å². The van der Waals surface area contributed by atoms with Crippen LogP contribution in [0.4, 0.5) is 9.39 Å². The minimum atomic E-state index is -0.457. The summed E-state index contributed by atoms with van der Waals surface area (Å²) in [4.78, 5) is 11.9. The van der Waals surface area contributed by atoms with Gasteiger partial charge in [0.15, 0.2) is 0 Å². The van der Waals surface area contributed by atoms with Crippen molar-refractivity contribution in [3.8, 4) is 0 Å². The summed E-state index contributed by atoms with van der Waals surface area (Å²) in [6.45, 7) is 4.22. The Balaban J connectivity index is 2.13. The van der Waals surface area contributed by atoms with Gasteiger partial charge in [0.1, 0.15) is 16.4 Å². The van der Waals surface area contributed by atoms with Crippen molar-refractivity contribution < 1.29 is 13.9 Å². The van der Waals surface area contributed by atoms with E-state index in [1.807, 2.05) is 0 Å². The third-order valence-corrected chi connectivity index (χ3v) is 3.97. The SMILES string of the molecule is CCOC(=O)c1c(C)nsc1NCc1ccc(F)c(Cl)c1. The zero-order chi connectivity index (χ0) is 15.4. The average molecular weight is 329 g/mol. The number of rotatable bonds is 5. The summed E-state index contributed by atoms with van der Waals surface area (Å²) >= 11 is 6.92. The van der Waals surface area contributed by atoms with Crippen molar-refractivity contribution in [2.24, 2.45) is 0 Å². The molecule has 0 saturated carbocycles. The van der Waals surface area contributed by atoms with Gasteiger partial charge in [-0.1, -0.05) is 17.7 Å². The highest BCUT2D eigenvalue weighted by atomic mass is 35.5. The predicted octanol–water partition coefficient (Wildman–Crippen LogP) is 4.03. The van der Waals surface area contributed by atoms with Crippen molar-refractivity contribution in [2.45, 2.75) is 20.4 Å². The molecule has 112 valence electrons. The lowest BCUT2D eigenvalue weighted by Crippen LogP contribution is -2.09. The van der Waals surface area contributed by atoms with Gasteiger partial charge in [0.25, 0.3) is 0 Å². The van der Waals surface area contributed by atoms with Crippen molar-refractivity contribution in [3.05, 3.63) is 45.9 Å². The summed E-state index contributed by atoms with van der Waals surface area (Å²) in [6.07, 6.45) is 0. The zero-order valence-electron chi connectivity index (χ0n) is 11.6. The molecule has 0 atom stereocenters. The molecule has 1 aromatic heterocycles. The number of nitrogens with zero attached hydrogens (tertiary/aromatic N) is 1. The largest absolute Gasteiger partial charge is 0.462 e. The van der Waals surface area contributed by atoms with Crippen molar-refractivity contribution in [2.75, 3.05) is 11.9 Å². The van der Waals surface area contributed by atoms with Crippen LogP contribution in [0.1, 0.15) is 28.5 Å². The lowest BCUT2D eigenvalue weighted by atomic mass is 10.2. The van der Waals surface area contributed by atoms with E-state index in [4.69, 9.17) is 16.3 Å². The maximum atomic E-state index is 13.1. The molecule has 7 heteroatoms. The van der Waals surface area contributed by atoms with Gasteiger partial charge in [0, 0.05) is 6.54 Å². The molecule has 0 bridgehead atoms. The van der Waals surface area contributed by atoms with E-state index in [0.717, 1.165) is 5.56 Å². The molecule has 0 saturated heterocycles. The van der Waals surface area contributed by atoms with Gasteiger partial charge in [0.2, 0.25) is 0 Å². The quantitative estimate of drug-likeness (QED) is 0.842. The number of benzene rings is 1. The average Bonchev–Trinajstić information content (AvgIpc) is 2.81. The van der Waals surface area contributed by atoms with Crippen LogP contribution in [0.15, 0.2) is 18.2 Å². The summed E-state index contributed by atoms with van der Waals surface area (Å²) in [7, 11) is 0. The molecule has 2 rings (SSSR count). The Morgan fingerprint density at radius 3 is 2.95 bits per heavy atom. The molecule has 1 heterocycles. The molecular weight excluding hydrogens is 315 g/mol. The fraction of sp³-hybridized carbons (Fsp3) is 0.286. The van der Waals surface area contributed by atoms with Crippen LogP contribution in [0.3, 0.4) is 0 Å². The molecule has 0 fully saturated rings. The van der Waals surface area contributed by atoms with Crippen LogP contribution < -0.4 is 5.32 Å². The standard InChI is InChI=1S/C14H14ClFN2O2S/c1-3-20-14(19)12-8(2)18-21-13(12)17-7-9-4-5-11(16)10(15)6-9/h4-6,17H,3,7H2,1-2H3. The van der Waals surface area contributed by atoms with Crippen molar-refractivity contribution in [3.63, 3.8) is 0 Å². The Morgan fingerprint density at radius 2 is 2.29 bits per heavy atom. The Labute approximate surface area is 131 Å². The molecule has 1 aromatic carbocycles. The van der Waals surface area contributed by atoms with Gasteiger partial charge in [-0.25, -0.2) is 9.18 Å². The molecule has 4 nitrogen and oxygen atoms in total. The number of carbonyl (C=O) groups is 1. The molecule has 0 aliphatic carbocycles. The summed E-state index contributed by atoms with van der Waals surface area (Å²) in [5.41, 5.74) is 1.87. The maximum absolute atomic E-state index is 13.1. The highest BCUT2D eigenvalue weighted by Crippen LogP contribution is 2.26. The second-order valence-electron chi connectivity index (χ2n) is 4.29. The summed E-state index contributed by atoms with van der Waals surface area (Å²) < 4.78 is 22.3. The fourth-order valence-corrected chi connectivity index (χ4v) is 2.75. The number of ether oxygens (including phenoxy) is 1. The number of halogens is 2. The molecule has 2 aromatic rings. The lowest BCUT2D eigenvalue weighted by Gasteiger charge is -2.07. The van der Waals surface area contributed by atoms with E-state index in [1.165, 1.54) is 17.6 Å². The Kier molecular flexibility index (Phi) is 5.14. The second-order valence-corrected chi connectivity index (χ2v) is 5.48. The third-order valence-electron chi connectivity index (χ3n) is 2.78. The first-order chi connectivity index (χ1) is 10.0. The molecule has 21 heavy (non-hydrogen) atoms. The van der Waals surface area contributed by atoms with Gasteiger partial charge >= 0.3 is 5.97 Å². The predicted molar refractivity (Wildman–Crippen MR) is 81.5 cm³/mol. The third kappa shape index (κ3) is 3.71. The second kappa shape index (κ2) is 6.87. The minimum absolute atomic E-state index is 0.0698. The van der Waals surface area contributed by atoms with Crippen molar-refractivity contribution in [1.82, 2.24) is 4.37 Å². The number of aryl methyl sites for hydroxylation is 1. The zero-order valence-corrected chi connectivity index (χ0v) is 13.1. The summed E-state index contributed by atoms with van der Waals surface area (Å²) in [5, 5.41) is 3.81. The number of anilines is 1.